The normalized spacial score (nSPS) is 12.1. The molecule has 0 heterocycles. The first-order valence-corrected chi connectivity index (χ1v) is 13.8. The number of phenolic OH excluding ortho intramolecular Hbond substituents is 1. The van der Waals surface area contributed by atoms with E-state index in [0.717, 1.165) is 18.2 Å². The van der Waals surface area contributed by atoms with Gasteiger partial charge in [0.1, 0.15) is 22.0 Å². The molecule has 0 unspecified atom stereocenters. The number of hydrogen-bond donors (Lipinski definition) is 7. The van der Waals surface area contributed by atoms with Crippen molar-refractivity contribution in [2.45, 2.75) is 9.79 Å². The van der Waals surface area contributed by atoms with Gasteiger partial charge >= 0.3 is 11.9 Å². The van der Waals surface area contributed by atoms with E-state index < -0.39 is 64.7 Å². The number of hydrogen-bond acceptors (Lipinski definition) is 11. The number of aromatic carboxylic acids is 2. The lowest BCUT2D eigenvalue weighted by atomic mass is 9.99. The summed E-state index contributed by atoms with van der Waals surface area (Å²) in [5, 5.41) is 36.3. The summed E-state index contributed by atoms with van der Waals surface area (Å²) in [5.41, 5.74) is 10.0. The second kappa shape index (κ2) is 10.1. The number of nitrogens with two attached hydrogens (primary N) is 2. The average molecular weight is 603 g/mol. The molecule has 0 amide bonds. The Labute approximate surface area is 230 Å². The Morgan fingerprint density at radius 1 is 0.732 bits per heavy atom. The molecule has 0 aliphatic carbocycles. The van der Waals surface area contributed by atoms with E-state index in [1.165, 1.54) is 30.3 Å². The van der Waals surface area contributed by atoms with E-state index in [4.69, 9.17) is 11.5 Å². The van der Waals surface area contributed by atoms with Crippen molar-refractivity contribution in [3.63, 3.8) is 0 Å². The fourth-order valence-electron chi connectivity index (χ4n) is 3.94. The standard InChI is InChI=1S/C24H18N4O11S2/c25-16-3-1-10(6-14(16)23(30)31)11-2-4-17(15(7-11)24(32)33)27-28-22-19(41(37,38)39)8-12-5-13(40(34,35)36)9-18(29)20(12)21(22)26/h1-9,29H,25-26H2,(H,30,31)(H,32,33)(H,34,35,36)(H,37,38,39). The number of benzene rings is 4. The minimum atomic E-state index is -5.10. The van der Waals surface area contributed by atoms with E-state index in [0.29, 0.717) is 11.6 Å². The van der Waals surface area contributed by atoms with E-state index in [2.05, 4.69) is 10.2 Å². The van der Waals surface area contributed by atoms with Gasteiger partial charge in [0.15, 0.2) is 0 Å². The maximum atomic E-state index is 12.1. The second-order valence-corrected chi connectivity index (χ2v) is 11.3. The first-order valence-electron chi connectivity index (χ1n) is 11.0. The van der Waals surface area contributed by atoms with Crippen LogP contribution in [0.25, 0.3) is 21.9 Å². The van der Waals surface area contributed by atoms with Gasteiger partial charge < -0.3 is 26.8 Å². The van der Waals surface area contributed by atoms with Gasteiger partial charge in [-0.1, -0.05) is 12.1 Å². The predicted octanol–water partition coefficient (Wildman–Crippen LogP) is 3.68. The topological polar surface area (TPSA) is 280 Å². The summed E-state index contributed by atoms with van der Waals surface area (Å²) in [4.78, 5) is 21.7. The smallest absolute Gasteiger partial charge is 0.337 e. The van der Waals surface area contributed by atoms with E-state index in [9.17, 15) is 50.8 Å². The van der Waals surface area contributed by atoms with Crippen molar-refractivity contribution in [2.75, 3.05) is 11.5 Å². The number of fused-ring (bicyclic) bond motifs is 1. The zero-order valence-corrected chi connectivity index (χ0v) is 21.9. The molecule has 0 aromatic heterocycles. The van der Waals surface area contributed by atoms with Crippen molar-refractivity contribution in [1.82, 2.24) is 0 Å². The Kier molecular flexibility index (Phi) is 7.14. The summed E-state index contributed by atoms with van der Waals surface area (Å²) in [5.74, 6) is -3.56. The van der Waals surface area contributed by atoms with Gasteiger partial charge in [-0.05, 0) is 52.9 Å². The number of carboxylic acids is 2. The van der Waals surface area contributed by atoms with Gasteiger partial charge in [0.05, 0.1) is 21.7 Å². The number of carboxylic acid groups (broad SMARTS) is 2. The largest absolute Gasteiger partial charge is 0.507 e. The first kappa shape index (κ1) is 28.9. The number of phenols is 1. The molecular formula is C24H18N4O11S2. The predicted molar refractivity (Wildman–Crippen MR) is 144 cm³/mol. The van der Waals surface area contributed by atoms with Gasteiger partial charge in [0.25, 0.3) is 20.2 Å². The van der Waals surface area contributed by atoms with Gasteiger partial charge in [0.2, 0.25) is 0 Å². The van der Waals surface area contributed by atoms with E-state index in [1.807, 2.05) is 0 Å². The summed E-state index contributed by atoms with van der Waals surface area (Å²) in [6.07, 6.45) is 0. The highest BCUT2D eigenvalue weighted by molar-refractivity contribution is 7.86. The number of carbonyl (C=O) groups is 2. The molecule has 0 aliphatic rings. The van der Waals surface area contributed by atoms with Gasteiger partial charge in [-0.25, -0.2) is 9.59 Å². The van der Waals surface area contributed by atoms with Crippen molar-refractivity contribution in [1.29, 1.82) is 0 Å². The lowest BCUT2D eigenvalue weighted by molar-refractivity contribution is 0.0687. The average Bonchev–Trinajstić information content (AvgIpc) is 2.86. The first-order chi connectivity index (χ1) is 19.0. The fraction of sp³-hybridized carbons (Fsp3) is 0. The number of aromatic hydroxyl groups is 1. The lowest BCUT2D eigenvalue weighted by Gasteiger charge is -2.12. The maximum Gasteiger partial charge on any atom is 0.337 e. The number of nitrogens with zero attached hydrogens (tertiary/aromatic N) is 2. The van der Waals surface area contributed by atoms with Crippen molar-refractivity contribution in [3.8, 4) is 16.9 Å². The summed E-state index contributed by atoms with van der Waals surface area (Å²) >= 11 is 0. The van der Waals surface area contributed by atoms with Crippen molar-refractivity contribution < 1.29 is 50.8 Å². The Balaban J connectivity index is 1.90. The van der Waals surface area contributed by atoms with Gasteiger partial charge in [0, 0.05) is 17.1 Å². The Morgan fingerprint density at radius 3 is 1.88 bits per heavy atom. The van der Waals surface area contributed by atoms with Crippen LogP contribution in [0, 0.1) is 0 Å². The van der Waals surface area contributed by atoms with E-state index in [-0.39, 0.29) is 33.3 Å². The number of nitrogen functional groups attached to an aromatic ring is 2. The molecule has 212 valence electrons. The molecule has 15 nitrogen and oxygen atoms in total. The minimum absolute atomic E-state index is 0.00649. The summed E-state index contributed by atoms with van der Waals surface area (Å²) < 4.78 is 66.4. The lowest BCUT2D eigenvalue weighted by Crippen LogP contribution is -2.03. The van der Waals surface area contributed by atoms with Crippen LogP contribution in [0.3, 0.4) is 0 Å². The van der Waals surface area contributed by atoms with Crippen LogP contribution >= 0.6 is 0 Å². The zero-order valence-electron chi connectivity index (χ0n) is 20.2. The third-order valence-corrected chi connectivity index (χ3v) is 7.54. The number of rotatable bonds is 7. The molecule has 17 heteroatoms. The third-order valence-electron chi connectivity index (χ3n) is 5.84. The highest BCUT2D eigenvalue weighted by Crippen LogP contribution is 2.43. The molecule has 4 aromatic rings. The van der Waals surface area contributed by atoms with E-state index >= 15 is 0 Å². The monoisotopic (exact) mass is 602 g/mol. The molecule has 4 rings (SSSR count). The van der Waals surface area contributed by atoms with Crippen molar-refractivity contribution >= 4 is 65.7 Å². The Bertz CT molecular complexity index is 2040. The molecule has 0 saturated carbocycles. The Hall–Kier alpha value is -5.10. The molecule has 0 radical (unpaired) electrons. The molecule has 0 bridgehead atoms. The summed E-state index contributed by atoms with van der Waals surface area (Å²) in [7, 11) is -9.92. The highest BCUT2D eigenvalue weighted by Gasteiger charge is 2.24. The molecule has 0 aliphatic heterocycles. The molecular weight excluding hydrogens is 584 g/mol. The molecule has 0 saturated heterocycles. The number of azo groups is 1. The molecule has 0 atom stereocenters. The summed E-state index contributed by atoms with van der Waals surface area (Å²) in [6, 6.07) is 9.96. The summed E-state index contributed by atoms with van der Waals surface area (Å²) in [6.45, 7) is 0. The minimum Gasteiger partial charge on any atom is -0.507 e. The van der Waals surface area contributed by atoms with Crippen LogP contribution in [0.5, 0.6) is 5.75 Å². The van der Waals surface area contributed by atoms with Gasteiger partial charge in [-0.3, -0.25) is 9.11 Å². The highest BCUT2D eigenvalue weighted by atomic mass is 32.2. The van der Waals surface area contributed by atoms with Crippen LogP contribution in [-0.4, -0.2) is 53.2 Å². The molecule has 4 aromatic carbocycles. The van der Waals surface area contributed by atoms with Crippen LogP contribution in [0.1, 0.15) is 20.7 Å². The van der Waals surface area contributed by atoms with Crippen LogP contribution in [-0.2, 0) is 20.2 Å². The second-order valence-electron chi connectivity index (χ2n) is 8.47. The zero-order chi connectivity index (χ0) is 30.4. The van der Waals surface area contributed by atoms with Crippen LogP contribution < -0.4 is 11.5 Å². The van der Waals surface area contributed by atoms with Gasteiger partial charge in [-0.2, -0.15) is 16.8 Å². The molecule has 41 heavy (non-hydrogen) atoms. The van der Waals surface area contributed by atoms with Crippen molar-refractivity contribution in [3.05, 3.63) is 65.7 Å². The Morgan fingerprint density at radius 2 is 1.32 bits per heavy atom. The molecule has 0 fully saturated rings. The quantitative estimate of drug-likeness (QED) is 0.0903. The van der Waals surface area contributed by atoms with Gasteiger partial charge in [-0.15, -0.1) is 10.2 Å². The van der Waals surface area contributed by atoms with E-state index in [1.54, 1.807) is 0 Å². The van der Waals surface area contributed by atoms with Crippen LogP contribution in [0.4, 0.5) is 22.7 Å². The molecule has 0 spiro atoms. The maximum absolute atomic E-state index is 12.1. The fourth-order valence-corrected chi connectivity index (χ4v) is 5.15. The molecule has 9 N–H and O–H groups in total. The third kappa shape index (κ3) is 5.63. The van der Waals surface area contributed by atoms with Crippen LogP contribution in [0.15, 0.2) is 74.6 Å². The number of anilines is 2. The van der Waals surface area contributed by atoms with Crippen LogP contribution in [0.2, 0.25) is 0 Å². The van der Waals surface area contributed by atoms with Crippen molar-refractivity contribution in [2.24, 2.45) is 10.2 Å². The SMILES string of the molecule is Nc1ccc(-c2ccc(N=Nc3c(S(=O)(=O)O)cc4cc(S(=O)(=O)O)cc(O)c4c3N)c(C(=O)O)c2)cc1C(=O)O.